The summed E-state index contributed by atoms with van der Waals surface area (Å²) >= 11 is 0. The molecule has 2 N–H and O–H groups in total. The Labute approximate surface area is 119 Å². The molecule has 0 spiro atoms. The van der Waals surface area contributed by atoms with Gasteiger partial charge in [0.1, 0.15) is 6.04 Å². The van der Waals surface area contributed by atoms with Gasteiger partial charge in [0.05, 0.1) is 5.75 Å². The lowest BCUT2D eigenvalue weighted by Gasteiger charge is -2.16. The highest BCUT2D eigenvalue weighted by atomic mass is 32.2. The molecule has 112 valence electrons. The number of aliphatic carboxylic acids is 1. The molecule has 1 aromatic heterocycles. The van der Waals surface area contributed by atoms with Crippen LogP contribution in [0, 0.1) is 5.92 Å². The predicted octanol–water partition coefficient (Wildman–Crippen LogP) is 1.04. The predicted molar refractivity (Wildman–Crippen MR) is 75.7 cm³/mol. The Balaban J connectivity index is 2.61. The highest BCUT2D eigenvalue weighted by molar-refractivity contribution is 7.89. The van der Waals surface area contributed by atoms with Gasteiger partial charge in [-0.2, -0.15) is 0 Å². The second kappa shape index (κ2) is 7.35. The Morgan fingerprint density at radius 3 is 2.60 bits per heavy atom. The van der Waals surface area contributed by atoms with Crippen LogP contribution in [-0.2, 0) is 21.2 Å². The third-order valence-corrected chi connectivity index (χ3v) is 4.07. The van der Waals surface area contributed by atoms with Crippen molar-refractivity contribution in [2.75, 3.05) is 5.75 Å². The van der Waals surface area contributed by atoms with Gasteiger partial charge in [0, 0.05) is 18.3 Å². The van der Waals surface area contributed by atoms with Crippen LogP contribution >= 0.6 is 0 Å². The number of hydrogen-bond donors (Lipinski definition) is 2. The van der Waals surface area contributed by atoms with E-state index in [1.54, 1.807) is 24.4 Å². The molecule has 6 nitrogen and oxygen atoms in total. The molecule has 0 aliphatic heterocycles. The van der Waals surface area contributed by atoms with Crippen molar-refractivity contribution in [3.05, 3.63) is 30.1 Å². The molecule has 0 bridgehead atoms. The highest BCUT2D eigenvalue weighted by Crippen LogP contribution is 2.07. The van der Waals surface area contributed by atoms with Gasteiger partial charge in [-0.3, -0.25) is 9.78 Å². The number of hydrogen-bond acceptors (Lipinski definition) is 4. The Bertz CT molecular complexity index is 529. The SMILES string of the molecule is CC(C)CC(NS(=O)(=O)CCc1ccccn1)C(=O)O. The summed E-state index contributed by atoms with van der Waals surface area (Å²) in [6, 6.07) is 4.18. The molecule has 1 aromatic rings. The number of aryl methyl sites for hydroxylation is 1. The van der Waals surface area contributed by atoms with E-state index in [2.05, 4.69) is 9.71 Å². The molecule has 7 heteroatoms. The number of sulfonamides is 1. The monoisotopic (exact) mass is 300 g/mol. The molecule has 0 aliphatic carbocycles. The van der Waals surface area contributed by atoms with Crippen LogP contribution in [0.5, 0.6) is 0 Å². The molecule has 0 saturated carbocycles. The van der Waals surface area contributed by atoms with Gasteiger partial charge in [0.2, 0.25) is 10.0 Å². The highest BCUT2D eigenvalue weighted by Gasteiger charge is 2.24. The zero-order valence-corrected chi connectivity index (χ0v) is 12.4. The Morgan fingerprint density at radius 1 is 1.40 bits per heavy atom. The summed E-state index contributed by atoms with van der Waals surface area (Å²) in [6.45, 7) is 3.69. The number of carbonyl (C=O) groups is 1. The van der Waals surface area contributed by atoms with Gasteiger partial charge in [0.15, 0.2) is 0 Å². The first-order valence-corrected chi connectivity index (χ1v) is 8.08. The van der Waals surface area contributed by atoms with Crippen molar-refractivity contribution in [1.29, 1.82) is 0 Å². The first kappa shape index (κ1) is 16.6. The van der Waals surface area contributed by atoms with E-state index in [0.29, 0.717) is 5.69 Å². The first-order valence-electron chi connectivity index (χ1n) is 6.43. The zero-order valence-electron chi connectivity index (χ0n) is 11.6. The Hall–Kier alpha value is -1.47. The normalized spacial score (nSPS) is 13.3. The maximum atomic E-state index is 11.9. The van der Waals surface area contributed by atoms with E-state index in [0.717, 1.165) is 0 Å². The van der Waals surface area contributed by atoms with Crippen LogP contribution in [0.1, 0.15) is 26.0 Å². The zero-order chi connectivity index (χ0) is 15.2. The number of pyridine rings is 1. The van der Waals surface area contributed by atoms with Gasteiger partial charge in [-0.05, 0) is 24.5 Å². The molecule has 0 fully saturated rings. The van der Waals surface area contributed by atoms with E-state index in [1.807, 2.05) is 13.8 Å². The molecule has 1 unspecified atom stereocenters. The van der Waals surface area contributed by atoms with Crippen molar-refractivity contribution in [2.45, 2.75) is 32.7 Å². The number of aromatic nitrogens is 1. The summed E-state index contributed by atoms with van der Waals surface area (Å²) in [5.41, 5.74) is 0.661. The number of nitrogens with zero attached hydrogens (tertiary/aromatic N) is 1. The summed E-state index contributed by atoms with van der Waals surface area (Å²) in [5.74, 6) is -1.24. The smallest absolute Gasteiger partial charge is 0.321 e. The topological polar surface area (TPSA) is 96.4 Å². The van der Waals surface area contributed by atoms with E-state index < -0.39 is 22.0 Å². The van der Waals surface area contributed by atoms with Gasteiger partial charge in [-0.1, -0.05) is 19.9 Å². The summed E-state index contributed by atoms with van der Waals surface area (Å²) in [6.07, 6.45) is 2.11. The minimum Gasteiger partial charge on any atom is -0.480 e. The van der Waals surface area contributed by atoms with Gasteiger partial charge in [-0.25, -0.2) is 13.1 Å². The van der Waals surface area contributed by atoms with Crippen LogP contribution in [-0.4, -0.2) is 36.3 Å². The number of carboxylic acids is 1. The molecule has 1 rings (SSSR count). The standard InChI is InChI=1S/C13H20N2O4S/c1-10(2)9-12(13(16)17)15-20(18,19)8-6-11-5-3-4-7-14-11/h3-5,7,10,12,15H,6,8-9H2,1-2H3,(H,16,17). The van der Waals surface area contributed by atoms with E-state index in [9.17, 15) is 13.2 Å². The van der Waals surface area contributed by atoms with Crippen molar-refractivity contribution in [3.63, 3.8) is 0 Å². The summed E-state index contributed by atoms with van der Waals surface area (Å²) in [7, 11) is -3.64. The van der Waals surface area contributed by atoms with E-state index in [-0.39, 0.29) is 24.5 Å². The van der Waals surface area contributed by atoms with Crippen LogP contribution in [0.3, 0.4) is 0 Å². The molecule has 0 saturated heterocycles. The largest absolute Gasteiger partial charge is 0.480 e. The molecule has 0 aromatic carbocycles. The molecule has 20 heavy (non-hydrogen) atoms. The first-order chi connectivity index (χ1) is 9.30. The average Bonchev–Trinajstić information content (AvgIpc) is 2.36. The fourth-order valence-corrected chi connectivity index (χ4v) is 2.96. The van der Waals surface area contributed by atoms with Crippen LogP contribution in [0.2, 0.25) is 0 Å². The summed E-state index contributed by atoms with van der Waals surface area (Å²) in [4.78, 5) is 15.1. The van der Waals surface area contributed by atoms with Crippen LogP contribution in [0.4, 0.5) is 0 Å². The lowest BCUT2D eigenvalue weighted by atomic mass is 10.1. The van der Waals surface area contributed by atoms with Gasteiger partial charge >= 0.3 is 5.97 Å². The summed E-state index contributed by atoms with van der Waals surface area (Å²) in [5, 5.41) is 9.03. The van der Waals surface area contributed by atoms with Gasteiger partial charge in [0.25, 0.3) is 0 Å². The van der Waals surface area contributed by atoms with Crippen LogP contribution in [0.25, 0.3) is 0 Å². The fourth-order valence-electron chi connectivity index (χ4n) is 1.73. The lowest BCUT2D eigenvalue weighted by Crippen LogP contribution is -2.42. The third-order valence-electron chi connectivity index (χ3n) is 2.68. The lowest BCUT2D eigenvalue weighted by molar-refractivity contribution is -0.139. The molecule has 0 amide bonds. The van der Waals surface area contributed by atoms with Gasteiger partial charge < -0.3 is 5.11 Å². The van der Waals surface area contributed by atoms with Crippen molar-refractivity contribution < 1.29 is 18.3 Å². The molecule has 1 atom stereocenters. The van der Waals surface area contributed by atoms with E-state index in [4.69, 9.17) is 5.11 Å². The van der Waals surface area contributed by atoms with Crippen LogP contribution < -0.4 is 4.72 Å². The van der Waals surface area contributed by atoms with Gasteiger partial charge in [-0.15, -0.1) is 0 Å². The maximum absolute atomic E-state index is 11.9. The van der Waals surface area contributed by atoms with Crippen molar-refractivity contribution in [3.8, 4) is 0 Å². The third kappa shape index (κ3) is 6.12. The molecule has 0 radical (unpaired) electrons. The minimum absolute atomic E-state index is 0.0922. The number of nitrogens with one attached hydrogen (secondary N) is 1. The second-order valence-electron chi connectivity index (χ2n) is 5.03. The summed E-state index contributed by atoms with van der Waals surface area (Å²) < 4.78 is 26.0. The molecular weight excluding hydrogens is 280 g/mol. The molecule has 0 aliphatic rings. The maximum Gasteiger partial charge on any atom is 0.321 e. The Kier molecular flexibility index (Phi) is 6.09. The molecular formula is C13H20N2O4S. The number of rotatable bonds is 8. The molecule has 1 heterocycles. The number of carboxylic acid groups (broad SMARTS) is 1. The van der Waals surface area contributed by atoms with E-state index >= 15 is 0 Å². The van der Waals surface area contributed by atoms with Crippen LogP contribution in [0.15, 0.2) is 24.4 Å². The van der Waals surface area contributed by atoms with Crippen molar-refractivity contribution in [1.82, 2.24) is 9.71 Å². The van der Waals surface area contributed by atoms with Crippen molar-refractivity contribution >= 4 is 16.0 Å². The second-order valence-corrected chi connectivity index (χ2v) is 6.90. The Morgan fingerprint density at radius 2 is 2.10 bits per heavy atom. The average molecular weight is 300 g/mol. The minimum atomic E-state index is -3.64. The fraction of sp³-hybridized carbons (Fsp3) is 0.538. The quantitative estimate of drug-likeness (QED) is 0.748. The van der Waals surface area contributed by atoms with E-state index in [1.165, 1.54) is 0 Å². The van der Waals surface area contributed by atoms with Crippen molar-refractivity contribution in [2.24, 2.45) is 5.92 Å².